The van der Waals surface area contributed by atoms with Gasteiger partial charge in [0, 0.05) is 19.6 Å². The molecule has 0 unspecified atom stereocenters. The van der Waals surface area contributed by atoms with Gasteiger partial charge in [-0.15, -0.1) is 0 Å². The molecule has 0 atom stereocenters. The standard InChI is InChI=1S/C15H21NO2/c1-3-4-7-14-8-5-9-15(12-14)16-10-6-11-18-13(2)17/h5,8-10,12H,3-4,6-7,11H2,1-2H3. The van der Waals surface area contributed by atoms with Crippen molar-refractivity contribution >= 4 is 17.9 Å². The topological polar surface area (TPSA) is 38.7 Å². The van der Waals surface area contributed by atoms with Crippen LogP contribution in [0.15, 0.2) is 29.3 Å². The van der Waals surface area contributed by atoms with Gasteiger partial charge in [0.05, 0.1) is 12.3 Å². The van der Waals surface area contributed by atoms with Crippen LogP contribution in [0.5, 0.6) is 0 Å². The van der Waals surface area contributed by atoms with Gasteiger partial charge in [0.25, 0.3) is 0 Å². The zero-order chi connectivity index (χ0) is 13.2. The molecule has 0 radical (unpaired) electrons. The van der Waals surface area contributed by atoms with Crippen LogP contribution < -0.4 is 0 Å². The highest BCUT2D eigenvalue weighted by Crippen LogP contribution is 2.15. The van der Waals surface area contributed by atoms with E-state index < -0.39 is 0 Å². The van der Waals surface area contributed by atoms with Crippen molar-refractivity contribution in [3.05, 3.63) is 29.8 Å². The van der Waals surface area contributed by atoms with E-state index in [1.807, 2.05) is 12.1 Å². The van der Waals surface area contributed by atoms with E-state index in [9.17, 15) is 4.79 Å². The van der Waals surface area contributed by atoms with Crippen LogP contribution >= 0.6 is 0 Å². The van der Waals surface area contributed by atoms with Crippen molar-refractivity contribution in [2.24, 2.45) is 4.99 Å². The van der Waals surface area contributed by atoms with Gasteiger partial charge in [0.2, 0.25) is 0 Å². The number of aryl methyl sites for hydroxylation is 1. The fourth-order valence-corrected chi connectivity index (χ4v) is 1.60. The molecule has 98 valence electrons. The minimum Gasteiger partial charge on any atom is -0.465 e. The van der Waals surface area contributed by atoms with E-state index in [2.05, 4.69) is 24.0 Å². The van der Waals surface area contributed by atoms with Gasteiger partial charge in [-0.3, -0.25) is 9.79 Å². The molecule has 0 saturated carbocycles. The number of esters is 1. The first-order valence-corrected chi connectivity index (χ1v) is 6.47. The van der Waals surface area contributed by atoms with Gasteiger partial charge < -0.3 is 4.74 Å². The van der Waals surface area contributed by atoms with Crippen molar-refractivity contribution in [3.8, 4) is 0 Å². The molecule has 18 heavy (non-hydrogen) atoms. The Morgan fingerprint density at radius 3 is 3.00 bits per heavy atom. The van der Waals surface area contributed by atoms with Crippen LogP contribution in [0.3, 0.4) is 0 Å². The Labute approximate surface area is 109 Å². The number of aliphatic imine (C=N–C) groups is 1. The number of hydrogen-bond acceptors (Lipinski definition) is 3. The summed E-state index contributed by atoms with van der Waals surface area (Å²) in [6.45, 7) is 4.00. The summed E-state index contributed by atoms with van der Waals surface area (Å²) in [5.41, 5.74) is 2.29. The molecule has 0 spiro atoms. The lowest BCUT2D eigenvalue weighted by Crippen LogP contribution is -2.00. The number of carbonyl (C=O) groups is 1. The molecule has 0 aliphatic heterocycles. The van der Waals surface area contributed by atoms with Crippen molar-refractivity contribution in [2.75, 3.05) is 6.61 Å². The van der Waals surface area contributed by atoms with E-state index in [0.29, 0.717) is 13.0 Å². The van der Waals surface area contributed by atoms with Gasteiger partial charge in [0.1, 0.15) is 0 Å². The van der Waals surface area contributed by atoms with Gasteiger partial charge in [0.15, 0.2) is 0 Å². The lowest BCUT2D eigenvalue weighted by Gasteiger charge is -2.01. The predicted molar refractivity (Wildman–Crippen MR) is 74.5 cm³/mol. The highest BCUT2D eigenvalue weighted by molar-refractivity contribution is 5.67. The molecule has 0 aliphatic rings. The zero-order valence-corrected chi connectivity index (χ0v) is 11.2. The quantitative estimate of drug-likeness (QED) is 0.419. The minimum absolute atomic E-state index is 0.245. The molecular weight excluding hydrogens is 226 g/mol. The van der Waals surface area contributed by atoms with Crippen LogP contribution in [0.25, 0.3) is 0 Å². The second-order valence-electron chi connectivity index (χ2n) is 4.21. The fourth-order valence-electron chi connectivity index (χ4n) is 1.60. The summed E-state index contributed by atoms with van der Waals surface area (Å²) in [4.78, 5) is 14.9. The molecule has 1 aromatic rings. The SMILES string of the molecule is CCCCc1cccc(N=CCCOC(C)=O)c1. The molecule has 3 nitrogen and oxygen atoms in total. The van der Waals surface area contributed by atoms with E-state index in [-0.39, 0.29) is 5.97 Å². The molecule has 0 amide bonds. The summed E-state index contributed by atoms with van der Waals surface area (Å²) in [6, 6.07) is 8.26. The third-order valence-electron chi connectivity index (χ3n) is 2.52. The molecule has 1 rings (SSSR count). The summed E-state index contributed by atoms with van der Waals surface area (Å²) in [5, 5.41) is 0. The highest BCUT2D eigenvalue weighted by atomic mass is 16.5. The molecule has 1 aromatic carbocycles. The molecule has 0 fully saturated rings. The Hall–Kier alpha value is -1.64. The number of hydrogen-bond donors (Lipinski definition) is 0. The summed E-state index contributed by atoms with van der Waals surface area (Å²) in [5.74, 6) is -0.245. The Bertz CT molecular complexity index is 399. The number of benzene rings is 1. The van der Waals surface area contributed by atoms with Crippen molar-refractivity contribution in [3.63, 3.8) is 0 Å². The van der Waals surface area contributed by atoms with Crippen LogP contribution in [0, 0.1) is 0 Å². The first-order chi connectivity index (χ1) is 8.72. The molecule has 0 N–H and O–H groups in total. The van der Waals surface area contributed by atoms with E-state index in [4.69, 9.17) is 4.74 Å². The van der Waals surface area contributed by atoms with Crippen LogP contribution in [0.4, 0.5) is 5.69 Å². The van der Waals surface area contributed by atoms with Crippen molar-refractivity contribution in [2.45, 2.75) is 39.5 Å². The van der Waals surface area contributed by atoms with Crippen molar-refractivity contribution < 1.29 is 9.53 Å². The summed E-state index contributed by atoms with van der Waals surface area (Å²) >= 11 is 0. The molecular formula is C15H21NO2. The van der Waals surface area contributed by atoms with Crippen LogP contribution in [0.1, 0.15) is 38.7 Å². The Morgan fingerprint density at radius 1 is 1.44 bits per heavy atom. The average molecular weight is 247 g/mol. The fraction of sp³-hybridized carbons (Fsp3) is 0.467. The van der Waals surface area contributed by atoms with Crippen LogP contribution in [-0.4, -0.2) is 18.8 Å². The Balaban J connectivity index is 2.41. The summed E-state index contributed by atoms with van der Waals surface area (Å²) in [7, 11) is 0. The normalized spacial score (nSPS) is 10.8. The second kappa shape index (κ2) is 8.45. The first-order valence-electron chi connectivity index (χ1n) is 6.47. The van der Waals surface area contributed by atoms with E-state index in [1.165, 1.54) is 25.3 Å². The number of carbonyl (C=O) groups excluding carboxylic acids is 1. The number of rotatable bonds is 7. The maximum Gasteiger partial charge on any atom is 0.302 e. The van der Waals surface area contributed by atoms with Gasteiger partial charge in [-0.1, -0.05) is 25.5 Å². The Morgan fingerprint density at radius 2 is 2.28 bits per heavy atom. The van der Waals surface area contributed by atoms with Crippen molar-refractivity contribution in [1.82, 2.24) is 0 Å². The maximum atomic E-state index is 10.6. The third-order valence-corrected chi connectivity index (χ3v) is 2.52. The predicted octanol–water partition coefficient (Wildman–Crippen LogP) is 3.68. The molecule has 0 saturated heterocycles. The molecule has 0 aliphatic carbocycles. The average Bonchev–Trinajstić information content (AvgIpc) is 2.36. The molecule has 3 heteroatoms. The van der Waals surface area contributed by atoms with Crippen molar-refractivity contribution in [1.29, 1.82) is 0 Å². The summed E-state index contributed by atoms with van der Waals surface area (Å²) < 4.78 is 4.83. The second-order valence-corrected chi connectivity index (χ2v) is 4.21. The summed E-state index contributed by atoms with van der Waals surface area (Å²) in [6.07, 6.45) is 5.96. The lowest BCUT2D eigenvalue weighted by molar-refractivity contribution is -0.140. The highest BCUT2D eigenvalue weighted by Gasteiger charge is 1.94. The van der Waals surface area contributed by atoms with E-state index in [1.54, 1.807) is 6.21 Å². The third kappa shape index (κ3) is 6.18. The largest absolute Gasteiger partial charge is 0.465 e. The molecule has 0 heterocycles. The van der Waals surface area contributed by atoms with E-state index >= 15 is 0 Å². The smallest absolute Gasteiger partial charge is 0.302 e. The van der Waals surface area contributed by atoms with Gasteiger partial charge in [-0.2, -0.15) is 0 Å². The molecule has 0 bridgehead atoms. The van der Waals surface area contributed by atoms with Crippen LogP contribution in [0.2, 0.25) is 0 Å². The maximum absolute atomic E-state index is 10.6. The number of nitrogens with zero attached hydrogens (tertiary/aromatic N) is 1. The van der Waals surface area contributed by atoms with Gasteiger partial charge >= 0.3 is 5.97 Å². The van der Waals surface area contributed by atoms with E-state index in [0.717, 1.165) is 12.1 Å². The van der Waals surface area contributed by atoms with Gasteiger partial charge in [-0.05, 0) is 30.5 Å². The molecule has 0 aromatic heterocycles. The minimum atomic E-state index is -0.245. The van der Waals surface area contributed by atoms with Crippen LogP contribution in [-0.2, 0) is 16.0 Å². The Kier molecular flexibility index (Phi) is 6.77. The lowest BCUT2D eigenvalue weighted by atomic mass is 10.1. The number of unbranched alkanes of at least 4 members (excludes halogenated alkanes) is 1. The monoisotopic (exact) mass is 247 g/mol. The van der Waals surface area contributed by atoms with Gasteiger partial charge in [-0.25, -0.2) is 0 Å². The first kappa shape index (κ1) is 14.4. The number of ether oxygens (including phenoxy) is 1. The zero-order valence-electron chi connectivity index (χ0n) is 11.2.